The van der Waals surface area contributed by atoms with Gasteiger partial charge < -0.3 is 99.5 Å². The van der Waals surface area contributed by atoms with Gasteiger partial charge in [-0.15, -0.1) is 0 Å². The molecule has 0 N–H and O–H groups in total. The van der Waals surface area contributed by atoms with E-state index >= 15 is 0 Å². The Labute approximate surface area is 678 Å². The zero-order valence-corrected chi connectivity index (χ0v) is 67.0. The molecule has 8 atom stereocenters. The molecule has 120 heavy (non-hydrogen) atoms. The van der Waals surface area contributed by atoms with Crippen LogP contribution >= 0.6 is 0 Å². The zero-order chi connectivity index (χ0) is 88.6. The van der Waals surface area contributed by atoms with Gasteiger partial charge in [0.15, 0.2) is 65.0 Å². The van der Waals surface area contributed by atoms with Gasteiger partial charge in [0, 0.05) is 200 Å². The van der Waals surface area contributed by atoms with Crippen LogP contribution in [0.3, 0.4) is 0 Å². The molecule has 3 aliphatic heterocycles. The highest BCUT2D eigenvalue weighted by Crippen LogP contribution is 2.65. The predicted molar refractivity (Wildman–Crippen MR) is 392 cm³/mol. The summed E-state index contributed by atoms with van der Waals surface area (Å²) in [6.07, 6.45) is -13.5. The van der Waals surface area contributed by atoms with Gasteiger partial charge in [-0.05, 0) is 36.4 Å². The molecule has 0 aromatic heterocycles. The van der Waals surface area contributed by atoms with Crippen molar-refractivity contribution in [2.75, 3.05) is 0 Å². The fraction of sp³-hybridized carbons (Fsp3) is 0.333. The van der Waals surface area contributed by atoms with Crippen molar-refractivity contribution in [3.05, 3.63) is 105 Å². The summed E-state index contributed by atoms with van der Waals surface area (Å²) >= 11 is 0. The molecule has 3 aliphatic rings. The molecule has 9 rings (SSSR count). The average Bonchev–Trinajstić information content (AvgIpc) is 0.701. The molecule has 0 saturated carbocycles. The lowest BCUT2D eigenvalue weighted by Crippen LogP contribution is -2.42. The van der Waals surface area contributed by atoms with E-state index in [4.69, 9.17) is 99.5 Å². The zero-order valence-electron chi connectivity index (χ0n) is 67.0. The second-order valence-corrected chi connectivity index (χ2v) is 26.5. The minimum atomic E-state index is -2.36. The Morgan fingerprint density at radius 2 is 0.500 bits per heavy atom. The average molecular weight is 1670 g/mol. The Morgan fingerprint density at radius 1 is 0.242 bits per heavy atom. The molecule has 39 heteroatoms. The third kappa shape index (κ3) is 21.2. The first kappa shape index (κ1) is 89.1. The van der Waals surface area contributed by atoms with E-state index in [0.717, 1.165) is 185 Å². The Morgan fingerprint density at radius 3 is 0.817 bits per heavy atom. The van der Waals surface area contributed by atoms with Crippen LogP contribution in [0.1, 0.15) is 199 Å². The van der Waals surface area contributed by atoms with Gasteiger partial charge >= 0.3 is 107 Å². The van der Waals surface area contributed by atoms with Crippen molar-refractivity contribution < 1.29 is 186 Å². The molecule has 0 radical (unpaired) electrons. The fourth-order valence-corrected chi connectivity index (χ4v) is 13.4. The van der Waals surface area contributed by atoms with E-state index in [-0.39, 0.29) is 11.1 Å². The van der Waals surface area contributed by atoms with Crippen molar-refractivity contribution in [1.82, 2.24) is 0 Å². The molecule has 6 aromatic rings. The van der Waals surface area contributed by atoms with Crippen LogP contribution in [0.5, 0.6) is 103 Å². The Balaban J connectivity index is 1.63. The van der Waals surface area contributed by atoms with E-state index < -0.39 is 299 Å². The number of benzene rings is 6. The molecule has 39 nitrogen and oxygen atoms in total. The second-order valence-electron chi connectivity index (χ2n) is 26.5. The minimum Gasteiger partial charge on any atom is -0.481 e. The highest BCUT2D eigenvalue weighted by Gasteiger charge is 2.55. The van der Waals surface area contributed by atoms with E-state index in [1.54, 1.807) is 0 Å². The Kier molecular flexibility index (Phi) is 27.5. The molecule has 0 saturated heterocycles. The van der Waals surface area contributed by atoms with Crippen LogP contribution in [0.2, 0.25) is 0 Å². The van der Waals surface area contributed by atoms with Gasteiger partial charge in [0.1, 0.15) is 57.8 Å². The van der Waals surface area contributed by atoms with Crippen LogP contribution in [0.15, 0.2) is 60.7 Å². The Hall–Kier alpha value is -14.8. The lowest BCUT2D eigenvalue weighted by molar-refractivity contribution is -0.155. The number of rotatable bonds is 23. The molecule has 0 spiro atoms. The third-order valence-electron chi connectivity index (χ3n) is 16.5. The minimum absolute atomic E-state index is 0.321. The number of carbonyl (C=O) groups excluding carboxylic acids is 18. The summed E-state index contributed by atoms with van der Waals surface area (Å²) in [5.74, 6) is -37.9. The molecule has 3 heterocycles. The van der Waals surface area contributed by atoms with Gasteiger partial charge in [-0.2, -0.15) is 0 Å². The van der Waals surface area contributed by atoms with Gasteiger partial charge in [0.25, 0.3) is 0 Å². The Bertz CT molecular complexity index is 5260. The molecule has 0 aliphatic carbocycles. The maximum Gasteiger partial charge on any atom is 0.308 e. The molecule has 0 amide bonds. The van der Waals surface area contributed by atoms with Gasteiger partial charge in [0.2, 0.25) is 17.2 Å². The van der Waals surface area contributed by atoms with E-state index in [1.807, 2.05) is 0 Å². The number of esters is 18. The van der Waals surface area contributed by atoms with Crippen LogP contribution in [-0.4, -0.2) is 126 Å². The van der Waals surface area contributed by atoms with Crippen molar-refractivity contribution in [2.24, 2.45) is 0 Å². The van der Waals surface area contributed by atoms with Gasteiger partial charge in [-0.1, -0.05) is 0 Å². The largest absolute Gasteiger partial charge is 0.481 e. The first-order chi connectivity index (χ1) is 56.2. The van der Waals surface area contributed by atoms with Crippen molar-refractivity contribution in [3.63, 3.8) is 0 Å². The molecule has 632 valence electrons. The normalized spacial score (nSPS) is 17.0. The molecular formula is C81H74O39. The number of carbonyl (C=O) groups is 18. The summed E-state index contributed by atoms with van der Waals surface area (Å²) in [5.41, 5.74) is -4.19. The monoisotopic (exact) mass is 1670 g/mol. The maximum atomic E-state index is 14.7. The second kappa shape index (κ2) is 37.0. The summed E-state index contributed by atoms with van der Waals surface area (Å²) in [6, 6.07) is 9.65. The summed E-state index contributed by atoms with van der Waals surface area (Å²) in [5, 5.41) is 0. The van der Waals surface area contributed by atoms with Crippen LogP contribution in [-0.2, 0) is 107 Å². The first-order valence-electron chi connectivity index (χ1n) is 35.7. The number of hydrogen-bond donors (Lipinski definition) is 0. The quantitative estimate of drug-likeness (QED) is 0.0329. The van der Waals surface area contributed by atoms with Crippen LogP contribution in [0.4, 0.5) is 0 Å². The summed E-state index contributed by atoms with van der Waals surface area (Å²) in [6.45, 7) is 16.4. The fourth-order valence-electron chi connectivity index (χ4n) is 13.4. The van der Waals surface area contributed by atoms with Crippen molar-refractivity contribution in [2.45, 2.75) is 180 Å². The lowest BCUT2D eigenvalue weighted by Gasteiger charge is -2.45. The SMILES string of the molecule is CC(=O)Oc1cc(OC(C)=O)c2c(c1)O[C@H](c1cc(OC(C)=O)c(OC(C)=O)c(OC(C)=O)c1)[C@@H](OC(C)=O)[C@@H]2c1c(OC(C)=O)cc(OC(C)=O)c2c1O[C@H](c1cc(OC(C)=O)c(OC(C)=O)c(OC(C)=O)c1)[C@@H](OC(C)=O)[C@@H]2c1c(OC(C)=O)cc(OC(C)=O)c2c1O[C@H](c1cc(OC(C)=O)c(OC(C)=O)c(OC(C)=O)c1)[C@@H](OC(C)=O)C2. The van der Waals surface area contributed by atoms with E-state index in [9.17, 15) is 86.3 Å². The number of hydrogen-bond acceptors (Lipinski definition) is 39. The maximum absolute atomic E-state index is 14.7. The standard InChI is InChI=1S/C81H74O39/c1-30(82)100-51-25-54(102-32(3)84)66-55(26-51)118-73(49-21-61(108-38(9)90)77(114-44(15)96)62(22-49)109-39(10)91)80(116-46(17)98)70(66)68-57(104-34(5)86)29-58(105-35(6)87)69-71(81(117-47(18)99)74(120-79(68)69)50-23-63(110-40(11)92)78(115-45(16)97)64(24-50)111-41(12)93)67-56(103-33(4)85)28-53(101-31(2)83)52-27-65(112-42(13)94)72(119-75(52)67)48-19-59(106-36(7)88)76(113-43(14)95)60(20-48)107-37(8)89/h19-26,28-29,65,70-74,80-81H,27H2,1-18H3/t65-,70-,71+,72+,73+,74+,80-,81-/m0/s1. The van der Waals surface area contributed by atoms with Crippen molar-refractivity contribution in [3.8, 4) is 103 Å². The molecule has 0 bridgehead atoms. The van der Waals surface area contributed by atoms with Gasteiger partial charge in [-0.25, -0.2) is 0 Å². The lowest BCUT2D eigenvalue weighted by atomic mass is 9.73. The van der Waals surface area contributed by atoms with Crippen LogP contribution in [0.25, 0.3) is 0 Å². The van der Waals surface area contributed by atoms with E-state index in [2.05, 4.69) is 0 Å². The molecule has 0 unspecified atom stereocenters. The van der Waals surface area contributed by atoms with Crippen LogP contribution < -0.4 is 85.3 Å². The van der Waals surface area contributed by atoms with Gasteiger partial charge in [0.05, 0.1) is 11.8 Å². The van der Waals surface area contributed by atoms with Crippen molar-refractivity contribution in [1.29, 1.82) is 0 Å². The summed E-state index contributed by atoms with van der Waals surface area (Å²) in [7, 11) is 0. The topological polar surface area (TPSA) is 501 Å². The highest BCUT2D eigenvalue weighted by molar-refractivity contribution is 5.86. The number of ether oxygens (including phenoxy) is 21. The first-order valence-corrected chi connectivity index (χ1v) is 35.7. The summed E-state index contributed by atoms with van der Waals surface area (Å²) in [4.78, 5) is 244. The van der Waals surface area contributed by atoms with Crippen LogP contribution in [0, 0.1) is 0 Å². The smallest absolute Gasteiger partial charge is 0.308 e. The van der Waals surface area contributed by atoms with E-state index in [0.29, 0.717) is 0 Å². The molecular weight excluding hydrogens is 1600 g/mol. The predicted octanol–water partition coefficient (Wildman–Crippen LogP) is 8.57. The van der Waals surface area contributed by atoms with Crippen molar-refractivity contribution >= 4 is 107 Å². The highest BCUT2D eigenvalue weighted by atomic mass is 16.6. The molecule has 0 fully saturated rings. The third-order valence-corrected chi connectivity index (χ3v) is 16.5. The van der Waals surface area contributed by atoms with Gasteiger partial charge in [-0.3, -0.25) is 86.3 Å². The van der Waals surface area contributed by atoms with E-state index in [1.165, 1.54) is 0 Å². The summed E-state index contributed by atoms with van der Waals surface area (Å²) < 4.78 is 126. The number of fused-ring (bicyclic) bond motifs is 3. The molecule has 6 aromatic carbocycles.